The highest BCUT2D eigenvalue weighted by Crippen LogP contribution is 2.14. The number of rotatable bonds is 2. The summed E-state index contributed by atoms with van der Waals surface area (Å²) in [6.07, 6.45) is 0.934. The van der Waals surface area contributed by atoms with Crippen LogP contribution in [0.1, 0.15) is 12.6 Å². The lowest BCUT2D eigenvalue weighted by Gasteiger charge is -2.17. The van der Waals surface area contributed by atoms with Crippen LogP contribution in [-0.2, 0) is 10.3 Å². The van der Waals surface area contributed by atoms with Crippen molar-refractivity contribution in [1.29, 1.82) is 0 Å². The van der Waals surface area contributed by atoms with Crippen LogP contribution < -0.4 is 5.73 Å². The third-order valence-corrected chi connectivity index (χ3v) is 1.70. The van der Waals surface area contributed by atoms with Crippen molar-refractivity contribution in [2.75, 3.05) is 0 Å². The molecule has 1 aromatic heterocycles. The summed E-state index contributed by atoms with van der Waals surface area (Å²) < 4.78 is 12.4. The molecule has 1 heterocycles. The van der Waals surface area contributed by atoms with Crippen molar-refractivity contribution in [2.45, 2.75) is 12.5 Å². The van der Waals surface area contributed by atoms with E-state index in [4.69, 9.17) is 10.8 Å². The number of carbonyl (C=O) groups is 1. The fourth-order valence-electron chi connectivity index (χ4n) is 0.793. The van der Waals surface area contributed by atoms with Crippen molar-refractivity contribution < 1.29 is 14.3 Å². The SMILES string of the molecule is C[C@](N)(C(=O)O)c1ccc(F)cn1. The molecular formula is C8H9FN2O2. The Morgan fingerprint density at radius 3 is 2.69 bits per heavy atom. The third kappa shape index (κ3) is 1.81. The van der Waals surface area contributed by atoms with E-state index in [2.05, 4.69) is 4.98 Å². The van der Waals surface area contributed by atoms with Crippen LogP contribution in [0.25, 0.3) is 0 Å². The molecule has 0 aliphatic carbocycles. The molecule has 0 saturated carbocycles. The molecule has 0 aliphatic rings. The standard InChI is InChI=1S/C8H9FN2O2/c1-8(10,7(12)13)6-3-2-5(9)4-11-6/h2-4H,10H2,1H3,(H,12,13)/t8-/m1/s1. The molecule has 13 heavy (non-hydrogen) atoms. The van der Waals surface area contributed by atoms with Crippen molar-refractivity contribution in [1.82, 2.24) is 4.98 Å². The van der Waals surface area contributed by atoms with Crippen LogP contribution in [0.15, 0.2) is 18.3 Å². The maximum Gasteiger partial charge on any atom is 0.329 e. The van der Waals surface area contributed by atoms with E-state index in [1.807, 2.05) is 0 Å². The zero-order valence-electron chi connectivity index (χ0n) is 6.99. The van der Waals surface area contributed by atoms with E-state index < -0.39 is 17.3 Å². The van der Waals surface area contributed by atoms with Gasteiger partial charge in [0.25, 0.3) is 0 Å². The molecule has 5 heteroatoms. The van der Waals surface area contributed by atoms with E-state index in [1.165, 1.54) is 13.0 Å². The first-order valence-electron chi connectivity index (χ1n) is 3.59. The van der Waals surface area contributed by atoms with Gasteiger partial charge >= 0.3 is 5.97 Å². The van der Waals surface area contributed by atoms with E-state index in [9.17, 15) is 9.18 Å². The largest absolute Gasteiger partial charge is 0.480 e. The van der Waals surface area contributed by atoms with Gasteiger partial charge in [0, 0.05) is 0 Å². The van der Waals surface area contributed by atoms with E-state index >= 15 is 0 Å². The number of hydrogen-bond donors (Lipinski definition) is 2. The van der Waals surface area contributed by atoms with Crippen LogP contribution in [0.3, 0.4) is 0 Å². The fourth-order valence-corrected chi connectivity index (χ4v) is 0.793. The van der Waals surface area contributed by atoms with Crippen molar-refractivity contribution in [2.24, 2.45) is 5.73 Å². The van der Waals surface area contributed by atoms with Crippen LogP contribution in [0.4, 0.5) is 4.39 Å². The number of aromatic nitrogens is 1. The lowest BCUT2D eigenvalue weighted by atomic mass is 9.99. The molecule has 70 valence electrons. The molecule has 0 saturated heterocycles. The van der Waals surface area contributed by atoms with Gasteiger partial charge in [0.2, 0.25) is 0 Å². The van der Waals surface area contributed by atoms with Crippen molar-refractivity contribution in [3.05, 3.63) is 29.8 Å². The van der Waals surface area contributed by atoms with Crippen LogP contribution in [0.2, 0.25) is 0 Å². The van der Waals surface area contributed by atoms with Crippen LogP contribution in [-0.4, -0.2) is 16.1 Å². The molecular weight excluding hydrogens is 175 g/mol. The van der Waals surface area contributed by atoms with Gasteiger partial charge in [-0.1, -0.05) is 0 Å². The average Bonchev–Trinajstić information content (AvgIpc) is 2.04. The summed E-state index contributed by atoms with van der Waals surface area (Å²) in [5, 5.41) is 8.71. The smallest absolute Gasteiger partial charge is 0.329 e. The Morgan fingerprint density at radius 1 is 1.69 bits per heavy atom. The van der Waals surface area contributed by atoms with Crippen molar-refractivity contribution >= 4 is 5.97 Å². The molecule has 1 rings (SSSR count). The number of carboxylic acids is 1. The number of hydrogen-bond acceptors (Lipinski definition) is 3. The minimum absolute atomic E-state index is 0.126. The Hall–Kier alpha value is -1.49. The predicted molar refractivity (Wildman–Crippen MR) is 43.4 cm³/mol. The van der Waals surface area contributed by atoms with Gasteiger partial charge in [0.05, 0.1) is 11.9 Å². The monoisotopic (exact) mass is 184 g/mol. The second-order valence-corrected chi connectivity index (χ2v) is 2.87. The quantitative estimate of drug-likeness (QED) is 0.700. The highest BCUT2D eigenvalue weighted by Gasteiger charge is 2.31. The van der Waals surface area contributed by atoms with Crippen LogP contribution >= 0.6 is 0 Å². The van der Waals surface area contributed by atoms with Gasteiger partial charge in [-0.3, -0.25) is 4.98 Å². The minimum Gasteiger partial charge on any atom is -0.480 e. The van der Waals surface area contributed by atoms with Gasteiger partial charge < -0.3 is 10.8 Å². The van der Waals surface area contributed by atoms with E-state index in [0.29, 0.717) is 0 Å². The molecule has 0 aliphatic heterocycles. The first-order chi connectivity index (χ1) is 5.94. The third-order valence-electron chi connectivity index (χ3n) is 1.70. The van der Waals surface area contributed by atoms with Crippen molar-refractivity contribution in [3.8, 4) is 0 Å². The van der Waals surface area contributed by atoms with E-state index in [0.717, 1.165) is 12.3 Å². The number of carboxylic acid groups (broad SMARTS) is 1. The highest BCUT2D eigenvalue weighted by atomic mass is 19.1. The summed E-state index contributed by atoms with van der Waals surface area (Å²) in [6.45, 7) is 1.30. The number of nitrogens with zero attached hydrogens (tertiary/aromatic N) is 1. The Kier molecular flexibility index (Phi) is 2.29. The molecule has 1 aromatic rings. The Morgan fingerprint density at radius 2 is 2.31 bits per heavy atom. The minimum atomic E-state index is -1.58. The molecule has 0 unspecified atom stereocenters. The maximum absolute atomic E-state index is 12.4. The lowest BCUT2D eigenvalue weighted by molar-refractivity contribution is -0.143. The highest BCUT2D eigenvalue weighted by molar-refractivity contribution is 5.79. The first-order valence-corrected chi connectivity index (χ1v) is 3.59. The summed E-state index contributed by atoms with van der Waals surface area (Å²) in [4.78, 5) is 14.2. The molecule has 0 amide bonds. The van der Waals surface area contributed by atoms with Gasteiger partial charge in [-0.05, 0) is 19.1 Å². The summed E-state index contributed by atoms with van der Waals surface area (Å²) in [6, 6.07) is 2.37. The summed E-state index contributed by atoms with van der Waals surface area (Å²) >= 11 is 0. The average molecular weight is 184 g/mol. The van der Waals surface area contributed by atoms with Gasteiger partial charge in [0.1, 0.15) is 5.82 Å². The van der Waals surface area contributed by atoms with E-state index in [1.54, 1.807) is 0 Å². The Labute approximate surface area is 74.2 Å². The summed E-state index contributed by atoms with van der Waals surface area (Å²) in [7, 11) is 0. The van der Waals surface area contributed by atoms with Gasteiger partial charge in [-0.25, -0.2) is 9.18 Å². The molecule has 0 spiro atoms. The number of pyridine rings is 1. The fraction of sp³-hybridized carbons (Fsp3) is 0.250. The van der Waals surface area contributed by atoms with Crippen LogP contribution in [0, 0.1) is 5.82 Å². The van der Waals surface area contributed by atoms with Gasteiger partial charge in [0.15, 0.2) is 5.54 Å². The Bertz CT molecular complexity index is 321. The second kappa shape index (κ2) is 3.10. The molecule has 4 nitrogen and oxygen atoms in total. The zero-order valence-corrected chi connectivity index (χ0v) is 6.99. The maximum atomic E-state index is 12.4. The van der Waals surface area contributed by atoms with E-state index in [-0.39, 0.29) is 5.69 Å². The number of aliphatic carboxylic acids is 1. The zero-order chi connectivity index (χ0) is 10.1. The molecule has 3 N–H and O–H groups in total. The summed E-state index contributed by atoms with van der Waals surface area (Å²) in [5.74, 6) is -1.73. The lowest BCUT2D eigenvalue weighted by Crippen LogP contribution is -2.42. The Balaban J connectivity index is 3.08. The predicted octanol–water partition coefficient (Wildman–Crippen LogP) is 0.479. The topological polar surface area (TPSA) is 76.2 Å². The molecule has 0 bridgehead atoms. The molecule has 1 atom stereocenters. The number of nitrogens with two attached hydrogens (primary N) is 1. The molecule has 0 aromatic carbocycles. The van der Waals surface area contributed by atoms with Gasteiger partial charge in [-0.15, -0.1) is 0 Å². The molecule has 0 fully saturated rings. The normalized spacial score (nSPS) is 15.0. The number of halogens is 1. The van der Waals surface area contributed by atoms with Gasteiger partial charge in [-0.2, -0.15) is 0 Å². The second-order valence-electron chi connectivity index (χ2n) is 2.87. The molecule has 0 radical (unpaired) electrons. The van der Waals surface area contributed by atoms with Crippen LogP contribution in [0.5, 0.6) is 0 Å². The summed E-state index contributed by atoms with van der Waals surface area (Å²) in [5.41, 5.74) is 4.00. The van der Waals surface area contributed by atoms with Crippen molar-refractivity contribution in [3.63, 3.8) is 0 Å². The first kappa shape index (κ1) is 9.60.